The lowest BCUT2D eigenvalue weighted by Crippen LogP contribution is -2.31. The predicted octanol–water partition coefficient (Wildman–Crippen LogP) is 4.69. The molecule has 9 heteroatoms. The quantitative estimate of drug-likeness (QED) is 0.330. The highest BCUT2D eigenvalue weighted by atomic mass is 19.1. The Kier molecular flexibility index (Phi) is 7.18. The standard InChI is InChI=1S/C27H33FN6O2/c1-3-10-29-26-23(19(28)15-20-24(26)25-21(17-30-20)33(2)27(35)32-25)18-8-9-22(31-16-18)36-14-7-13-34-11-5-4-6-12-34/h8-9,15-17,29H,3-7,10-14H2,1-2H3,(H,32,35). The molecule has 2 N–H and O–H groups in total. The zero-order chi connectivity index (χ0) is 25.1. The van der Waals surface area contributed by atoms with E-state index in [1.807, 2.05) is 13.0 Å². The molecule has 0 spiro atoms. The zero-order valence-electron chi connectivity index (χ0n) is 20.9. The number of pyridine rings is 2. The third-order valence-electron chi connectivity index (χ3n) is 6.88. The average molecular weight is 493 g/mol. The summed E-state index contributed by atoms with van der Waals surface area (Å²) in [6.45, 7) is 6.68. The number of ether oxygens (including phenoxy) is 1. The predicted molar refractivity (Wildman–Crippen MR) is 141 cm³/mol. The number of fused-ring (bicyclic) bond motifs is 3. The van der Waals surface area contributed by atoms with Gasteiger partial charge in [0.1, 0.15) is 5.82 Å². The molecule has 1 saturated heterocycles. The van der Waals surface area contributed by atoms with Gasteiger partial charge in [0.2, 0.25) is 5.88 Å². The minimum absolute atomic E-state index is 0.241. The van der Waals surface area contributed by atoms with Crippen LogP contribution in [0.1, 0.15) is 39.0 Å². The number of likely N-dealkylation sites (tertiary alicyclic amines) is 1. The van der Waals surface area contributed by atoms with Gasteiger partial charge >= 0.3 is 5.69 Å². The smallest absolute Gasteiger partial charge is 0.326 e. The summed E-state index contributed by atoms with van der Waals surface area (Å²) >= 11 is 0. The van der Waals surface area contributed by atoms with Gasteiger partial charge < -0.3 is 19.9 Å². The highest BCUT2D eigenvalue weighted by Gasteiger charge is 2.20. The molecule has 8 nitrogen and oxygen atoms in total. The van der Waals surface area contributed by atoms with Crippen molar-refractivity contribution in [2.45, 2.75) is 39.0 Å². The first-order chi connectivity index (χ1) is 17.6. The van der Waals surface area contributed by atoms with Gasteiger partial charge in [0.25, 0.3) is 0 Å². The fourth-order valence-electron chi connectivity index (χ4n) is 4.97. The Bertz CT molecular complexity index is 1410. The topological polar surface area (TPSA) is 88.1 Å². The molecule has 5 rings (SSSR count). The van der Waals surface area contributed by atoms with E-state index in [0.29, 0.717) is 57.8 Å². The Morgan fingerprint density at radius 3 is 2.75 bits per heavy atom. The lowest BCUT2D eigenvalue weighted by Gasteiger charge is -2.26. The second kappa shape index (κ2) is 10.7. The number of H-pyrrole nitrogens is 1. The molecule has 0 saturated carbocycles. The summed E-state index contributed by atoms with van der Waals surface area (Å²) in [5.41, 5.74) is 3.16. The summed E-state index contributed by atoms with van der Waals surface area (Å²) in [5.74, 6) is 0.126. The van der Waals surface area contributed by atoms with Gasteiger partial charge in [-0.15, -0.1) is 0 Å². The highest BCUT2D eigenvalue weighted by molar-refractivity contribution is 6.12. The number of benzene rings is 1. The van der Waals surface area contributed by atoms with Crippen molar-refractivity contribution in [1.82, 2.24) is 24.4 Å². The molecule has 36 heavy (non-hydrogen) atoms. The molecule has 0 aliphatic carbocycles. The molecule has 4 heterocycles. The number of hydrogen-bond donors (Lipinski definition) is 2. The summed E-state index contributed by atoms with van der Waals surface area (Å²) in [6.07, 6.45) is 8.94. The van der Waals surface area contributed by atoms with E-state index in [0.717, 1.165) is 19.4 Å². The molecular formula is C27H33FN6O2. The molecular weight excluding hydrogens is 459 g/mol. The molecule has 1 fully saturated rings. The number of rotatable bonds is 9. The van der Waals surface area contributed by atoms with Gasteiger partial charge in [-0.2, -0.15) is 0 Å². The molecule has 0 radical (unpaired) electrons. The minimum Gasteiger partial charge on any atom is -0.478 e. The lowest BCUT2D eigenvalue weighted by atomic mass is 9.99. The molecule has 1 aliphatic rings. The van der Waals surface area contributed by atoms with Crippen molar-refractivity contribution >= 4 is 27.6 Å². The van der Waals surface area contributed by atoms with Crippen LogP contribution in [0.15, 0.2) is 35.4 Å². The van der Waals surface area contributed by atoms with Crippen LogP contribution in [-0.2, 0) is 7.05 Å². The number of anilines is 1. The van der Waals surface area contributed by atoms with Crippen LogP contribution in [0.2, 0.25) is 0 Å². The summed E-state index contributed by atoms with van der Waals surface area (Å²) in [6, 6.07) is 5.03. The van der Waals surface area contributed by atoms with E-state index in [2.05, 4.69) is 25.2 Å². The second-order valence-electron chi connectivity index (χ2n) is 9.43. The van der Waals surface area contributed by atoms with Crippen LogP contribution in [0, 0.1) is 5.82 Å². The van der Waals surface area contributed by atoms with E-state index >= 15 is 4.39 Å². The summed E-state index contributed by atoms with van der Waals surface area (Å²) in [4.78, 5) is 26.6. The van der Waals surface area contributed by atoms with Crippen LogP contribution in [0.25, 0.3) is 33.1 Å². The summed E-state index contributed by atoms with van der Waals surface area (Å²) < 4.78 is 22.8. The maximum Gasteiger partial charge on any atom is 0.326 e. The van der Waals surface area contributed by atoms with E-state index in [4.69, 9.17) is 4.74 Å². The van der Waals surface area contributed by atoms with Crippen LogP contribution in [-0.4, -0.2) is 57.2 Å². The lowest BCUT2D eigenvalue weighted by molar-refractivity contribution is 0.203. The van der Waals surface area contributed by atoms with Gasteiger partial charge in [-0.05, 0) is 44.8 Å². The van der Waals surface area contributed by atoms with Gasteiger partial charge in [0, 0.05) is 49.6 Å². The Hall–Kier alpha value is -3.46. The van der Waals surface area contributed by atoms with Crippen LogP contribution < -0.4 is 15.7 Å². The zero-order valence-corrected chi connectivity index (χ0v) is 20.9. The maximum atomic E-state index is 15.5. The van der Waals surface area contributed by atoms with Gasteiger partial charge in [-0.25, -0.2) is 14.2 Å². The number of nitrogens with zero attached hydrogens (tertiary/aromatic N) is 4. The molecule has 1 aromatic carbocycles. The van der Waals surface area contributed by atoms with Gasteiger partial charge in [-0.1, -0.05) is 13.3 Å². The maximum absolute atomic E-state index is 15.5. The van der Waals surface area contributed by atoms with Crippen molar-refractivity contribution in [2.75, 3.05) is 38.1 Å². The molecule has 0 bridgehead atoms. The fourth-order valence-corrected chi connectivity index (χ4v) is 4.97. The van der Waals surface area contributed by atoms with Crippen molar-refractivity contribution in [3.8, 4) is 17.0 Å². The number of piperidine rings is 1. The molecule has 3 aromatic heterocycles. The van der Waals surface area contributed by atoms with Crippen molar-refractivity contribution < 1.29 is 9.13 Å². The third kappa shape index (κ3) is 4.80. The molecule has 190 valence electrons. The van der Waals surface area contributed by atoms with Crippen molar-refractivity contribution in [1.29, 1.82) is 0 Å². The number of aromatic amines is 1. The van der Waals surface area contributed by atoms with E-state index in [1.54, 1.807) is 25.5 Å². The number of imidazole rings is 1. The van der Waals surface area contributed by atoms with Crippen molar-refractivity contribution in [3.63, 3.8) is 0 Å². The van der Waals surface area contributed by atoms with Gasteiger partial charge in [-0.3, -0.25) is 9.55 Å². The molecule has 0 atom stereocenters. The van der Waals surface area contributed by atoms with Gasteiger partial charge in [0.05, 0.1) is 40.4 Å². The SMILES string of the molecule is CCCNc1c(-c2ccc(OCCCN3CCCCC3)nc2)c(F)cc2ncc3c([nH]c(=O)n3C)c12. The van der Waals surface area contributed by atoms with Gasteiger partial charge in [0.15, 0.2) is 0 Å². The van der Waals surface area contributed by atoms with Crippen LogP contribution >= 0.6 is 0 Å². The molecule has 0 unspecified atom stereocenters. The number of nitrogens with one attached hydrogen (secondary N) is 2. The number of halogens is 1. The number of aryl methyl sites for hydroxylation is 1. The summed E-state index contributed by atoms with van der Waals surface area (Å²) in [7, 11) is 1.69. The molecule has 1 aliphatic heterocycles. The van der Waals surface area contributed by atoms with E-state index in [-0.39, 0.29) is 5.69 Å². The first-order valence-electron chi connectivity index (χ1n) is 12.8. The number of aromatic nitrogens is 4. The number of hydrogen-bond acceptors (Lipinski definition) is 6. The normalized spacial score (nSPS) is 14.5. The Morgan fingerprint density at radius 1 is 1.17 bits per heavy atom. The third-order valence-corrected chi connectivity index (χ3v) is 6.88. The fraction of sp³-hybridized carbons (Fsp3) is 0.444. The Morgan fingerprint density at radius 2 is 2.00 bits per heavy atom. The minimum atomic E-state index is -0.400. The first kappa shape index (κ1) is 24.2. The summed E-state index contributed by atoms with van der Waals surface area (Å²) in [5, 5.41) is 4.07. The van der Waals surface area contributed by atoms with E-state index in [9.17, 15) is 4.79 Å². The highest BCUT2D eigenvalue weighted by Crippen LogP contribution is 2.39. The van der Waals surface area contributed by atoms with Crippen LogP contribution in [0.5, 0.6) is 5.88 Å². The molecule has 4 aromatic rings. The Labute approximate surface area is 209 Å². The van der Waals surface area contributed by atoms with Crippen molar-refractivity contribution in [3.05, 3.63) is 46.9 Å². The second-order valence-corrected chi connectivity index (χ2v) is 9.43. The van der Waals surface area contributed by atoms with E-state index in [1.165, 1.54) is 43.0 Å². The Balaban J connectivity index is 1.44. The molecule has 0 amide bonds. The van der Waals surface area contributed by atoms with Crippen LogP contribution in [0.4, 0.5) is 10.1 Å². The van der Waals surface area contributed by atoms with Crippen LogP contribution in [0.3, 0.4) is 0 Å². The largest absolute Gasteiger partial charge is 0.478 e. The first-order valence-corrected chi connectivity index (χ1v) is 12.8. The van der Waals surface area contributed by atoms with Crippen molar-refractivity contribution in [2.24, 2.45) is 7.05 Å². The van der Waals surface area contributed by atoms with E-state index < -0.39 is 5.82 Å². The monoisotopic (exact) mass is 492 g/mol. The average Bonchev–Trinajstić information content (AvgIpc) is 3.19.